The minimum Gasteiger partial charge on any atom is -0.382 e. The molecule has 3 rings (SSSR count). The van der Waals surface area contributed by atoms with Crippen LogP contribution in [-0.4, -0.2) is 54.5 Å². The van der Waals surface area contributed by atoms with E-state index in [0.717, 1.165) is 12.8 Å². The van der Waals surface area contributed by atoms with Crippen LogP contribution in [0.1, 0.15) is 36.0 Å². The standard InChI is InChI=1S/C19H25FN4O4/c1-13-3-4-15(11-16(13)20)21-19(25)24-7-5-14(6-8-24)18-22-17(28-23-18)12-27-10-9-26-2/h3-4,11,14H,5-10,12H2,1-2H3,(H,21,25). The van der Waals surface area contributed by atoms with E-state index in [9.17, 15) is 9.18 Å². The number of anilines is 1. The number of urea groups is 1. The van der Waals surface area contributed by atoms with Crippen LogP contribution in [0.5, 0.6) is 0 Å². The van der Waals surface area contributed by atoms with Crippen LogP contribution in [0.4, 0.5) is 14.9 Å². The molecule has 1 aliphatic rings. The number of nitrogens with zero attached hydrogens (tertiary/aromatic N) is 3. The van der Waals surface area contributed by atoms with Gasteiger partial charge in [-0.25, -0.2) is 9.18 Å². The lowest BCUT2D eigenvalue weighted by atomic mass is 9.96. The summed E-state index contributed by atoms with van der Waals surface area (Å²) in [5.74, 6) is 0.881. The minimum atomic E-state index is -0.337. The zero-order valence-electron chi connectivity index (χ0n) is 16.1. The molecule has 2 aromatic rings. The van der Waals surface area contributed by atoms with Gasteiger partial charge in [0.2, 0.25) is 0 Å². The summed E-state index contributed by atoms with van der Waals surface area (Å²) in [7, 11) is 1.61. The predicted octanol–water partition coefficient (Wildman–Crippen LogP) is 3.09. The number of carbonyl (C=O) groups excluding carboxylic acids is 1. The van der Waals surface area contributed by atoms with E-state index in [-0.39, 0.29) is 24.4 Å². The summed E-state index contributed by atoms with van der Waals surface area (Å²) < 4.78 is 29.1. The lowest BCUT2D eigenvalue weighted by Gasteiger charge is -2.30. The highest BCUT2D eigenvalue weighted by atomic mass is 19.1. The molecule has 0 aliphatic carbocycles. The van der Waals surface area contributed by atoms with Crippen molar-refractivity contribution in [2.24, 2.45) is 0 Å². The molecule has 8 nitrogen and oxygen atoms in total. The maximum absolute atomic E-state index is 13.6. The molecule has 152 valence electrons. The second kappa shape index (κ2) is 9.61. The summed E-state index contributed by atoms with van der Waals surface area (Å²) in [4.78, 5) is 18.5. The Balaban J connectivity index is 1.46. The van der Waals surface area contributed by atoms with Gasteiger partial charge in [-0.1, -0.05) is 11.2 Å². The lowest BCUT2D eigenvalue weighted by molar-refractivity contribution is 0.0494. The fourth-order valence-electron chi connectivity index (χ4n) is 3.01. The number of amides is 2. The first kappa shape index (κ1) is 20.2. The number of benzene rings is 1. The molecule has 28 heavy (non-hydrogen) atoms. The second-order valence-electron chi connectivity index (χ2n) is 6.75. The summed E-state index contributed by atoms with van der Waals surface area (Å²) >= 11 is 0. The summed E-state index contributed by atoms with van der Waals surface area (Å²) in [6.45, 7) is 4.05. The molecule has 1 aromatic carbocycles. The van der Waals surface area contributed by atoms with Crippen molar-refractivity contribution < 1.29 is 23.2 Å². The van der Waals surface area contributed by atoms with Crippen LogP contribution < -0.4 is 5.32 Å². The number of rotatable bonds is 7. The first-order valence-electron chi connectivity index (χ1n) is 9.28. The third kappa shape index (κ3) is 5.26. The van der Waals surface area contributed by atoms with Gasteiger partial charge in [-0.2, -0.15) is 4.98 Å². The molecular formula is C19H25FN4O4. The minimum absolute atomic E-state index is 0.136. The summed E-state index contributed by atoms with van der Waals surface area (Å²) in [5, 5.41) is 6.78. The highest BCUT2D eigenvalue weighted by Crippen LogP contribution is 2.26. The van der Waals surface area contributed by atoms with Crippen LogP contribution in [0, 0.1) is 12.7 Å². The first-order valence-corrected chi connectivity index (χ1v) is 9.28. The molecule has 0 spiro atoms. The molecule has 9 heteroatoms. The van der Waals surface area contributed by atoms with E-state index in [4.69, 9.17) is 14.0 Å². The zero-order valence-corrected chi connectivity index (χ0v) is 16.1. The van der Waals surface area contributed by atoms with Crippen molar-refractivity contribution in [3.8, 4) is 0 Å². The molecule has 2 heterocycles. The van der Waals surface area contributed by atoms with Crippen molar-refractivity contribution in [1.29, 1.82) is 0 Å². The van der Waals surface area contributed by atoms with Crippen molar-refractivity contribution >= 4 is 11.7 Å². The van der Waals surface area contributed by atoms with Crippen molar-refractivity contribution in [3.63, 3.8) is 0 Å². The highest BCUT2D eigenvalue weighted by molar-refractivity contribution is 5.89. The molecule has 0 saturated carbocycles. The average molecular weight is 392 g/mol. The Morgan fingerprint density at radius 3 is 2.86 bits per heavy atom. The molecule has 1 aromatic heterocycles. The van der Waals surface area contributed by atoms with Crippen molar-refractivity contribution in [2.45, 2.75) is 32.3 Å². The molecule has 0 radical (unpaired) electrons. The van der Waals surface area contributed by atoms with Crippen molar-refractivity contribution in [2.75, 3.05) is 38.7 Å². The number of aryl methyl sites for hydroxylation is 1. The molecule has 1 aliphatic heterocycles. The van der Waals surface area contributed by atoms with Gasteiger partial charge in [0.05, 0.1) is 13.2 Å². The average Bonchev–Trinajstić information content (AvgIpc) is 3.17. The molecule has 1 saturated heterocycles. The number of aromatic nitrogens is 2. The van der Waals surface area contributed by atoms with Gasteiger partial charge in [-0.15, -0.1) is 0 Å². The van der Waals surface area contributed by atoms with Crippen LogP contribution in [0.2, 0.25) is 0 Å². The lowest BCUT2D eigenvalue weighted by Crippen LogP contribution is -2.40. The molecule has 1 N–H and O–H groups in total. The van der Waals surface area contributed by atoms with Gasteiger partial charge in [0, 0.05) is 31.8 Å². The molecule has 1 fully saturated rings. The Bertz CT molecular complexity index is 790. The number of methoxy groups -OCH3 is 1. The van der Waals surface area contributed by atoms with E-state index in [2.05, 4.69) is 15.5 Å². The van der Waals surface area contributed by atoms with Gasteiger partial charge in [0.1, 0.15) is 12.4 Å². The van der Waals surface area contributed by atoms with E-state index in [1.165, 1.54) is 6.07 Å². The second-order valence-corrected chi connectivity index (χ2v) is 6.75. The SMILES string of the molecule is COCCOCc1nc(C2CCN(C(=O)Nc3ccc(C)c(F)c3)CC2)no1. The first-order chi connectivity index (χ1) is 13.6. The number of hydrogen-bond acceptors (Lipinski definition) is 6. The van der Waals surface area contributed by atoms with E-state index < -0.39 is 0 Å². The van der Waals surface area contributed by atoms with Crippen LogP contribution >= 0.6 is 0 Å². The van der Waals surface area contributed by atoms with E-state index in [1.807, 2.05) is 0 Å². The van der Waals surface area contributed by atoms with E-state index in [0.29, 0.717) is 49.3 Å². The fourth-order valence-corrected chi connectivity index (χ4v) is 3.01. The van der Waals surface area contributed by atoms with Gasteiger partial charge < -0.3 is 24.2 Å². The van der Waals surface area contributed by atoms with Crippen LogP contribution in [0.25, 0.3) is 0 Å². The monoisotopic (exact) mass is 392 g/mol. The number of hydrogen-bond donors (Lipinski definition) is 1. The number of likely N-dealkylation sites (tertiary alicyclic amines) is 1. The largest absolute Gasteiger partial charge is 0.382 e. The Labute approximate surface area is 163 Å². The Kier molecular flexibility index (Phi) is 6.94. The number of ether oxygens (including phenoxy) is 2. The maximum atomic E-state index is 13.6. The van der Waals surface area contributed by atoms with Gasteiger partial charge in [-0.3, -0.25) is 0 Å². The summed E-state index contributed by atoms with van der Waals surface area (Å²) in [6.07, 6.45) is 1.47. The Morgan fingerprint density at radius 1 is 1.36 bits per heavy atom. The van der Waals surface area contributed by atoms with Crippen molar-refractivity contribution in [3.05, 3.63) is 41.3 Å². The van der Waals surface area contributed by atoms with Gasteiger partial charge >= 0.3 is 6.03 Å². The number of nitrogens with one attached hydrogen (secondary N) is 1. The molecule has 2 amide bonds. The maximum Gasteiger partial charge on any atom is 0.321 e. The van der Waals surface area contributed by atoms with Crippen LogP contribution in [-0.2, 0) is 16.1 Å². The molecule has 0 atom stereocenters. The molecule has 0 bridgehead atoms. The van der Waals surface area contributed by atoms with Crippen LogP contribution in [0.3, 0.4) is 0 Å². The smallest absolute Gasteiger partial charge is 0.321 e. The molecular weight excluding hydrogens is 367 g/mol. The summed E-state index contributed by atoms with van der Waals surface area (Å²) in [6, 6.07) is 4.43. The summed E-state index contributed by atoms with van der Waals surface area (Å²) in [5.41, 5.74) is 0.994. The van der Waals surface area contributed by atoms with Gasteiger partial charge in [0.15, 0.2) is 5.82 Å². The number of piperidine rings is 1. The topological polar surface area (TPSA) is 89.7 Å². The predicted molar refractivity (Wildman–Crippen MR) is 99.5 cm³/mol. The van der Waals surface area contributed by atoms with Gasteiger partial charge in [-0.05, 0) is 37.5 Å². The Morgan fingerprint density at radius 2 is 2.14 bits per heavy atom. The fraction of sp³-hybridized carbons (Fsp3) is 0.526. The van der Waals surface area contributed by atoms with Gasteiger partial charge in [0.25, 0.3) is 5.89 Å². The van der Waals surface area contributed by atoms with E-state index in [1.54, 1.807) is 31.1 Å². The molecule has 0 unspecified atom stereocenters. The van der Waals surface area contributed by atoms with E-state index >= 15 is 0 Å². The third-order valence-electron chi connectivity index (χ3n) is 4.71. The Hall–Kier alpha value is -2.52. The highest BCUT2D eigenvalue weighted by Gasteiger charge is 2.27. The normalized spacial score (nSPS) is 15.0. The van der Waals surface area contributed by atoms with Crippen molar-refractivity contribution in [1.82, 2.24) is 15.0 Å². The number of carbonyl (C=O) groups is 1. The van der Waals surface area contributed by atoms with Crippen LogP contribution in [0.15, 0.2) is 22.7 Å². The third-order valence-corrected chi connectivity index (χ3v) is 4.71. The zero-order chi connectivity index (χ0) is 19.9. The quantitative estimate of drug-likeness (QED) is 0.729. The number of halogens is 1.